The molecule has 0 atom stereocenters. The summed E-state index contributed by atoms with van der Waals surface area (Å²) in [6.07, 6.45) is 0. The van der Waals surface area contributed by atoms with Gasteiger partial charge in [0.2, 0.25) is 5.95 Å². The summed E-state index contributed by atoms with van der Waals surface area (Å²) in [5.41, 5.74) is 1.23. The number of halogens is 1. The Kier molecular flexibility index (Phi) is 4.76. The van der Waals surface area contributed by atoms with Crippen LogP contribution in [-0.4, -0.2) is 34.2 Å². The van der Waals surface area contributed by atoms with Gasteiger partial charge in [0, 0.05) is 11.1 Å². The molecule has 1 heterocycles. The van der Waals surface area contributed by atoms with Crippen LogP contribution in [0.15, 0.2) is 48.5 Å². The Hall–Kier alpha value is -3.19. The monoisotopic (exact) mass is 356 g/mol. The van der Waals surface area contributed by atoms with Crippen LogP contribution in [0.2, 0.25) is 5.02 Å². The van der Waals surface area contributed by atoms with Gasteiger partial charge in [0.15, 0.2) is 5.82 Å². The number of anilines is 1. The number of carbonyl (C=O) groups is 2. The lowest BCUT2D eigenvalue weighted by Gasteiger charge is -2.03. The normalized spacial score (nSPS) is 10.3. The molecule has 7 nitrogen and oxygen atoms in total. The highest BCUT2D eigenvalue weighted by Gasteiger charge is 2.14. The second kappa shape index (κ2) is 7.14. The molecule has 3 rings (SSSR count). The van der Waals surface area contributed by atoms with Crippen molar-refractivity contribution in [3.8, 4) is 11.4 Å². The maximum atomic E-state index is 12.3. The third-order valence-electron chi connectivity index (χ3n) is 3.39. The van der Waals surface area contributed by atoms with E-state index in [0.717, 1.165) is 0 Å². The molecule has 126 valence electrons. The molecule has 0 aliphatic rings. The minimum atomic E-state index is -0.520. The van der Waals surface area contributed by atoms with E-state index >= 15 is 0 Å². The quantitative estimate of drug-likeness (QED) is 0.700. The second-order valence-corrected chi connectivity index (χ2v) is 5.42. The zero-order valence-corrected chi connectivity index (χ0v) is 13.9. The molecule has 3 aromatic rings. The van der Waals surface area contributed by atoms with Gasteiger partial charge in [-0.1, -0.05) is 29.8 Å². The second-order valence-electron chi connectivity index (χ2n) is 5.01. The third-order valence-corrected chi connectivity index (χ3v) is 3.72. The van der Waals surface area contributed by atoms with E-state index in [2.05, 4.69) is 25.2 Å². The molecule has 8 heteroatoms. The van der Waals surface area contributed by atoms with E-state index in [9.17, 15) is 9.59 Å². The molecule has 2 aromatic carbocycles. The molecule has 2 N–H and O–H groups in total. The summed E-state index contributed by atoms with van der Waals surface area (Å²) in [6.45, 7) is 0. The van der Waals surface area contributed by atoms with Gasteiger partial charge < -0.3 is 4.74 Å². The van der Waals surface area contributed by atoms with Gasteiger partial charge in [0.25, 0.3) is 5.91 Å². The highest BCUT2D eigenvalue weighted by molar-refractivity contribution is 6.33. The molecular formula is C17H13ClN4O3. The SMILES string of the molecule is COC(=O)c1cccc(C(=O)Nc2n[nH]c(-c3ccccc3Cl)n2)c1. The highest BCUT2D eigenvalue weighted by atomic mass is 35.5. The molecule has 1 amide bonds. The molecule has 0 saturated heterocycles. The topological polar surface area (TPSA) is 97.0 Å². The number of ether oxygens (including phenoxy) is 1. The number of hydrogen-bond acceptors (Lipinski definition) is 5. The predicted molar refractivity (Wildman–Crippen MR) is 92.6 cm³/mol. The molecule has 0 bridgehead atoms. The summed E-state index contributed by atoms with van der Waals surface area (Å²) in [7, 11) is 1.28. The molecule has 0 radical (unpaired) electrons. The van der Waals surface area contributed by atoms with Gasteiger partial charge >= 0.3 is 5.97 Å². The lowest BCUT2D eigenvalue weighted by Crippen LogP contribution is -2.14. The van der Waals surface area contributed by atoms with Gasteiger partial charge in [-0.3, -0.25) is 15.2 Å². The van der Waals surface area contributed by atoms with E-state index in [4.69, 9.17) is 11.6 Å². The van der Waals surface area contributed by atoms with E-state index in [-0.39, 0.29) is 17.1 Å². The van der Waals surface area contributed by atoms with Crippen molar-refractivity contribution >= 4 is 29.4 Å². The van der Waals surface area contributed by atoms with Crippen LogP contribution in [0.3, 0.4) is 0 Å². The zero-order valence-electron chi connectivity index (χ0n) is 13.1. The number of nitrogens with one attached hydrogen (secondary N) is 2. The number of esters is 1. The van der Waals surface area contributed by atoms with Crippen LogP contribution in [0, 0.1) is 0 Å². The van der Waals surface area contributed by atoms with Crippen molar-refractivity contribution in [3.05, 3.63) is 64.7 Å². The largest absolute Gasteiger partial charge is 0.465 e. The Morgan fingerprint density at radius 3 is 2.64 bits per heavy atom. The number of amides is 1. The fourth-order valence-electron chi connectivity index (χ4n) is 2.17. The van der Waals surface area contributed by atoms with Gasteiger partial charge in [-0.25, -0.2) is 4.79 Å². The summed E-state index contributed by atoms with van der Waals surface area (Å²) < 4.78 is 4.64. The first-order chi connectivity index (χ1) is 12.1. The standard InChI is InChI=1S/C17H13ClN4O3/c1-25-16(24)11-6-4-5-10(9-11)15(23)20-17-19-14(21-22-17)12-7-2-3-8-13(12)18/h2-9H,1H3,(H2,19,20,21,22,23). The molecule has 0 fully saturated rings. The number of hydrogen-bond donors (Lipinski definition) is 2. The molecule has 0 aliphatic carbocycles. The van der Waals surface area contributed by atoms with Gasteiger partial charge in [-0.05, 0) is 30.3 Å². The van der Waals surface area contributed by atoms with Crippen LogP contribution >= 0.6 is 11.6 Å². The van der Waals surface area contributed by atoms with Crippen LogP contribution in [0.5, 0.6) is 0 Å². The van der Waals surface area contributed by atoms with E-state index in [1.54, 1.807) is 36.4 Å². The van der Waals surface area contributed by atoms with Crippen molar-refractivity contribution in [2.75, 3.05) is 12.4 Å². The van der Waals surface area contributed by atoms with E-state index in [1.165, 1.54) is 13.2 Å². The zero-order chi connectivity index (χ0) is 17.8. The van der Waals surface area contributed by atoms with Crippen molar-refractivity contribution in [2.24, 2.45) is 0 Å². The number of methoxy groups -OCH3 is 1. The number of H-pyrrole nitrogens is 1. The lowest BCUT2D eigenvalue weighted by atomic mass is 10.1. The lowest BCUT2D eigenvalue weighted by molar-refractivity contribution is 0.0600. The van der Waals surface area contributed by atoms with Crippen molar-refractivity contribution in [3.63, 3.8) is 0 Å². The molecule has 25 heavy (non-hydrogen) atoms. The molecule has 1 aromatic heterocycles. The van der Waals surface area contributed by atoms with Crippen molar-refractivity contribution in [1.29, 1.82) is 0 Å². The Morgan fingerprint density at radius 2 is 1.88 bits per heavy atom. The van der Waals surface area contributed by atoms with Crippen LogP contribution in [0.4, 0.5) is 5.95 Å². The summed E-state index contributed by atoms with van der Waals surface area (Å²) >= 11 is 6.11. The first kappa shape index (κ1) is 16.7. The van der Waals surface area contributed by atoms with Gasteiger partial charge in [0.05, 0.1) is 17.7 Å². The first-order valence-corrected chi connectivity index (χ1v) is 7.63. The smallest absolute Gasteiger partial charge is 0.337 e. The maximum absolute atomic E-state index is 12.3. The first-order valence-electron chi connectivity index (χ1n) is 7.25. The Balaban J connectivity index is 1.78. The molecule has 0 saturated carbocycles. The summed E-state index contributed by atoms with van der Waals surface area (Å²) in [5.74, 6) is -0.434. The molecule has 0 unspecified atom stereocenters. The number of aromatic nitrogens is 3. The van der Waals surface area contributed by atoms with Crippen molar-refractivity contribution in [2.45, 2.75) is 0 Å². The summed E-state index contributed by atoms with van der Waals surface area (Å²) in [4.78, 5) is 28.1. The van der Waals surface area contributed by atoms with E-state index in [0.29, 0.717) is 16.4 Å². The van der Waals surface area contributed by atoms with Gasteiger partial charge in [-0.15, -0.1) is 5.10 Å². The Morgan fingerprint density at radius 1 is 1.12 bits per heavy atom. The number of nitrogens with zero attached hydrogens (tertiary/aromatic N) is 2. The molecule has 0 spiro atoms. The minimum absolute atomic E-state index is 0.100. The van der Waals surface area contributed by atoms with Crippen LogP contribution in [0.25, 0.3) is 11.4 Å². The Bertz CT molecular complexity index is 939. The van der Waals surface area contributed by atoms with Gasteiger partial charge in [-0.2, -0.15) is 4.98 Å². The molecule has 0 aliphatic heterocycles. The number of aromatic amines is 1. The van der Waals surface area contributed by atoms with Crippen molar-refractivity contribution < 1.29 is 14.3 Å². The number of rotatable bonds is 4. The summed E-state index contributed by atoms with van der Waals surface area (Å²) in [5, 5.41) is 9.76. The highest BCUT2D eigenvalue weighted by Crippen LogP contribution is 2.24. The Labute approximate surface area is 148 Å². The maximum Gasteiger partial charge on any atom is 0.337 e. The average molecular weight is 357 g/mol. The fraction of sp³-hybridized carbons (Fsp3) is 0.0588. The predicted octanol–water partition coefficient (Wildman–Crippen LogP) is 3.16. The average Bonchev–Trinajstić information content (AvgIpc) is 3.09. The van der Waals surface area contributed by atoms with Crippen molar-refractivity contribution in [1.82, 2.24) is 15.2 Å². The van der Waals surface area contributed by atoms with E-state index in [1.807, 2.05) is 6.07 Å². The molecular weight excluding hydrogens is 344 g/mol. The third kappa shape index (κ3) is 3.67. The van der Waals surface area contributed by atoms with E-state index < -0.39 is 11.9 Å². The summed E-state index contributed by atoms with van der Waals surface area (Å²) in [6, 6.07) is 13.3. The number of carbonyl (C=O) groups excluding carboxylic acids is 2. The van der Waals surface area contributed by atoms with Crippen LogP contribution in [-0.2, 0) is 4.74 Å². The van der Waals surface area contributed by atoms with Crippen LogP contribution < -0.4 is 5.32 Å². The van der Waals surface area contributed by atoms with Crippen LogP contribution in [0.1, 0.15) is 20.7 Å². The fourth-order valence-corrected chi connectivity index (χ4v) is 2.40. The van der Waals surface area contributed by atoms with Gasteiger partial charge in [0.1, 0.15) is 0 Å². The minimum Gasteiger partial charge on any atom is -0.465 e. The number of benzene rings is 2.